The summed E-state index contributed by atoms with van der Waals surface area (Å²) in [5.41, 5.74) is 0. The molecule has 0 aromatic heterocycles. The van der Waals surface area contributed by atoms with E-state index in [0.29, 0.717) is 16.6 Å². The van der Waals surface area contributed by atoms with Crippen LogP contribution in [-0.2, 0) is 4.79 Å². The van der Waals surface area contributed by atoms with Gasteiger partial charge in [-0.1, -0.05) is 40.0 Å². The molecule has 1 heterocycles. The van der Waals surface area contributed by atoms with Crippen LogP contribution < -0.4 is 5.32 Å². The second-order valence-electron chi connectivity index (χ2n) is 6.73. The van der Waals surface area contributed by atoms with Crippen molar-refractivity contribution in [3.63, 3.8) is 0 Å². The first kappa shape index (κ1) is 16.2. The summed E-state index contributed by atoms with van der Waals surface area (Å²) in [7, 11) is 0. The highest BCUT2D eigenvalue weighted by atomic mass is 32.2. The van der Waals surface area contributed by atoms with Crippen molar-refractivity contribution in [3.8, 4) is 0 Å². The van der Waals surface area contributed by atoms with Gasteiger partial charge in [0.25, 0.3) is 0 Å². The molecule has 1 amide bonds. The van der Waals surface area contributed by atoms with E-state index in [4.69, 9.17) is 0 Å². The number of hydrogen-bond acceptors (Lipinski definition) is 3. The highest BCUT2D eigenvalue weighted by Crippen LogP contribution is 2.40. The molecule has 2 fully saturated rings. The van der Waals surface area contributed by atoms with Gasteiger partial charge in [-0.15, -0.1) is 0 Å². The molecule has 1 N–H and O–H groups in total. The lowest BCUT2D eigenvalue weighted by molar-refractivity contribution is -0.131. The molecule has 2 rings (SSSR count). The van der Waals surface area contributed by atoms with Gasteiger partial charge in [-0.2, -0.15) is 11.8 Å². The van der Waals surface area contributed by atoms with Crippen LogP contribution in [0.4, 0.5) is 0 Å². The standard InChI is InChI=1S/C16H30N2OS/c1-5-13-15(19)18(14(17-13)12(2)3)11-16(20-4)9-7-6-8-10-16/h12-14,17H,5-11H2,1-4H3. The number of amides is 1. The Kier molecular flexibility index (Phi) is 5.41. The van der Waals surface area contributed by atoms with Crippen LogP contribution >= 0.6 is 11.8 Å². The molecule has 2 unspecified atom stereocenters. The topological polar surface area (TPSA) is 32.3 Å². The van der Waals surface area contributed by atoms with Crippen LogP contribution in [0.1, 0.15) is 59.3 Å². The quantitative estimate of drug-likeness (QED) is 0.845. The van der Waals surface area contributed by atoms with Gasteiger partial charge in [0.1, 0.15) is 0 Å². The molecule has 0 bridgehead atoms. The summed E-state index contributed by atoms with van der Waals surface area (Å²) < 4.78 is 0.297. The molecule has 1 aliphatic carbocycles. The molecule has 0 spiro atoms. The summed E-state index contributed by atoms with van der Waals surface area (Å²) in [6.07, 6.45) is 9.86. The zero-order chi connectivity index (χ0) is 14.8. The van der Waals surface area contributed by atoms with Crippen molar-refractivity contribution in [3.05, 3.63) is 0 Å². The van der Waals surface area contributed by atoms with E-state index < -0.39 is 0 Å². The average Bonchev–Trinajstić information content (AvgIpc) is 2.77. The highest BCUT2D eigenvalue weighted by molar-refractivity contribution is 8.00. The van der Waals surface area contributed by atoms with Crippen molar-refractivity contribution in [1.82, 2.24) is 10.2 Å². The van der Waals surface area contributed by atoms with Crippen molar-refractivity contribution >= 4 is 17.7 Å². The fourth-order valence-corrected chi connectivity index (χ4v) is 4.62. The molecular weight excluding hydrogens is 268 g/mol. The number of rotatable bonds is 5. The summed E-state index contributed by atoms with van der Waals surface area (Å²) in [4.78, 5) is 14.8. The lowest BCUT2D eigenvalue weighted by Gasteiger charge is -2.41. The fourth-order valence-electron chi connectivity index (χ4n) is 3.66. The normalized spacial score (nSPS) is 30.2. The zero-order valence-electron chi connectivity index (χ0n) is 13.4. The highest BCUT2D eigenvalue weighted by Gasteiger charge is 2.43. The summed E-state index contributed by atoms with van der Waals surface area (Å²) in [6, 6.07) is 0.0323. The van der Waals surface area contributed by atoms with Crippen molar-refractivity contribution in [2.75, 3.05) is 12.8 Å². The Labute approximate surface area is 128 Å². The Balaban J connectivity index is 2.13. The van der Waals surface area contributed by atoms with Crippen LogP contribution in [0.5, 0.6) is 0 Å². The maximum absolute atomic E-state index is 12.6. The molecule has 1 saturated carbocycles. The lowest BCUT2D eigenvalue weighted by atomic mass is 9.87. The number of carbonyl (C=O) groups is 1. The molecule has 0 radical (unpaired) electrons. The molecule has 3 nitrogen and oxygen atoms in total. The molecule has 4 heteroatoms. The van der Waals surface area contributed by atoms with Crippen LogP contribution in [0.15, 0.2) is 0 Å². The second kappa shape index (κ2) is 6.69. The first-order valence-electron chi connectivity index (χ1n) is 8.14. The van der Waals surface area contributed by atoms with E-state index in [2.05, 4.69) is 37.2 Å². The third-order valence-corrected chi connectivity index (χ3v) is 6.39. The Morgan fingerprint density at radius 2 is 2.00 bits per heavy atom. The van der Waals surface area contributed by atoms with Crippen molar-refractivity contribution in [2.24, 2.45) is 5.92 Å². The molecule has 1 aliphatic heterocycles. The Morgan fingerprint density at radius 1 is 1.35 bits per heavy atom. The van der Waals surface area contributed by atoms with E-state index in [1.165, 1.54) is 32.1 Å². The smallest absolute Gasteiger partial charge is 0.241 e. The number of thioether (sulfide) groups is 1. The van der Waals surface area contributed by atoms with E-state index in [9.17, 15) is 4.79 Å². The maximum atomic E-state index is 12.6. The van der Waals surface area contributed by atoms with Gasteiger partial charge >= 0.3 is 0 Å². The Bertz CT molecular complexity index is 339. The summed E-state index contributed by atoms with van der Waals surface area (Å²) in [5, 5.41) is 3.54. The molecule has 0 aromatic carbocycles. The van der Waals surface area contributed by atoms with E-state index >= 15 is 0 Å². The fraction of sp³-hybridized carbons (Fsp3) is 0.938. The number of hydrogen-bond donors (Lipinski definition) is 1. The van der Waals surface area contributed by atoms with Gasteiger partial charge in [0, 0.05) is 11.3 Å². The molecular formula is C16H30N2OS. The zero-order valence-corrected chi connectivity index (χ0v) is 14.3. The van der Waals surface area contributed by atoms with E-state index in [1.807, 2.05) is 11.8 Å². The minimum absolute atomic E-state index is 0.0323. The molecule has 20 heavy (non-hydrogen) atoms. The summed E-state index contributed by atoms with van der Waals surface area (Å²) >= 11 is 1.98. The number of nitrogens with zero attached hydrogens (tertiary/aromatic N) is 1. The van der Waals surface area contributed by atoms with Gasteiger partial charge in [-0.05, 0) is 31.4 Å². The van der Waals surface area contributed by atoms with Crippen LogP contribution in [-0.4, -0.2) is 40.6 Å². The van der Waals surface area contributed by atoms with E-state index in [1.54, 1.807) is 0 Å². The minimum Gasteiger partial charge on any atom is -0.324 e. The summed E-state index contributed by atoms with van der Waals surface area (Å²) in [6.45, 7) is 7.45. The van der Waals surface area contributed by atoms with Gasteiger partial charge in [0.05, 0.1) is 12.2 Å². The van der Waals surface area contributed by atoms with Crippen molar-refractivity contribution in [1.29, 1.82) is 0 Å². The van der Waals surface area contributed by atoms with Gasteiger partial charge < -0.3 is 4.90 Å². The second-order valence-corrected chi connectivity index (χ2v) is 8.00. The van der Waals surface area contributed by atoms with Crippen LogP contribution in [0.2, 0.25) is 0 Å². The SMILES string of the molecule is CCC1NC(C(C)C)N(CC2(SC)CCCCC2)C1=O. The number of nitrogens with one attached hydrogen (secondary N) is 1. The van der Waals surface area contributed by atoms with E-state index in [0.717, 1.165) is 13.0 Å². The molecule has 0 aromatic rings. The van der Waals surface area contributed by atoms with Crippen molar-refractivity contribution < 1.29 is 4.79 Å². The molecule has 116 valence electrons. The van der Waals surface area contributed by atoms with Crippen LogP contribution in [0.25, 0.3) is 0 Å². The average molecular weight is 298 g/mol. The maximum Gasteiger partial charge on any atom is 0.241 e. The van der Waals surface area contributed by atoms with Crippen molar-refractivity contribution in [2.45, 2.75) is 76.3 Å². The first-order valence-corrected chi connectivity index (χ1v) is 9.37. The largest absolute Gasteiger partial charge is 0.324 e. The predicted octanol–water partition coefficient (Wildman–Crippen LogP) is 3.24. The van der Waals surface area contributed by atoms with Gasteiger partial charge in [-0.3, -0.25) is 10.1 Å². The van der Waals surface area contributed by atoms with Gasteiger partial charge in [0.2, 0.25) is 5.91 Å². The molecule has 2 atom stereocenters. The molecule has 1 saturated heterocycles. The van der Waals surface area contributed by atoms with Crippen LogP contribution in [0, 0.1) is 5.92 Å². The first-order chi connectivity index (χ1) is 9.53. The van der Waals surface area contributed by atoms with Gasteiger partial charge in [0.15, 0.2) is 0 Å². The molecule has 2 aliphatic rings. The monoisotopic (exact) mass is 298 g/mol. The third kappa shape index (κ3) is 3.16. The predicted molar refractivity (Wildman–Crippen MR) is 86.9 cm³/mol. The Morgan fingerprint density at radius 3 is 2.50 bits per heavy atom. The minimum atomic E-state index is 0.0323. The van der Waals surface area contributed by atoms with E-state index in [-0.39, 0.29) is 12.2 Å². The lowest BCUT2D eigenvalue weighted by Crippen LogP contribution is -2.49. The Hall–Kier alpha value is -0.220. The summed E-state index contributed by atoms with van der Waals surface area (Å²) in [5.74, 6) is 0.795. The number of carbonyl (C=O) groups excluding carboxylic acids is 1. The van der Waals surface area contributed by atoms with Crippen LogP contribution in [0.3, 0.4) is 0 Å². The van der Waals surface area contributed by atoms with Gasteiger partial charge in [-0.25, -0.2) is 0 Å². The third-order valence-electron chi connectivity index (χ3n) is 4.98.